The van der Waals surface area contributed by atoms with Crippen molar-refractivity contribution in [1.82, 2.24) is 5.32 Å². The van der Waals surface area contributed by atoms with Crippen LogP contribution in [0.5, 0.6) is 0 Å². The van der Waals surface area contributed by atoms with Gasteiger partial charge in [-0.15, -0.1) is 0 Å². The first-order valence-corrected chi connectivity index (χ1v) is 5.49. The van der Waals surface area contributed by atoms with Gasteiger partial charge in [0.15, 0.2) is 0 Å². The molecule has 2 atom stereocenters. The predicted molar refractivity (Wildman–Crippen MR) is 52.1 cm³/mol. The molecule has 0 aliphatic carbocycles. The number of carbonyl (C=O) groups excluding carboxylic acids is 1. The minimum atomic E-state index is -0.378. The first-order chi connectivity index (χ1) is 5.70. The first kappa shape index (κ1) is 9.86. The molecule has 4 heteroatoms. The van der Waals surface area contributed by atoms with Crippen LogP contribution < -0.4 is 11.1 Å². The maximum absolute atomic E-state index is 11.2. The number of nitrogens with one attached hydrogen (secondary N) is 1. The lowest BCUT2D eigenvalue weighted by atomic mass is 10.2. The summed E-state index contributed by atoms with van der Waals surface area (Å²) in [6.45, 7) is 1.71. The van der Waals surface area contributed by atoms with Crippen molar-refractivity contribution in [1.29, 1.82) is 0 Å². The fourth-order valence-corrected chi connectivity index (χ4v) is 2.26. The Bertz CT molecular complexity index is 155. The highest BCUT2D eigenvalue weighted by Gasteiger charge is 2.17. The molecule has 0 spiro atoms. The van der Waals surface area contributed by atoms with E-state index in [2.05, 4.69) is 5.32 Å². The molecule has 1 fully saturated rings. The Morgan fingerprint density at radius 1 is 1.75 bits per heavy atom. The number of nitrogens with two attached hydrogens (primary N) is 1. The molecule has 0 aromatic rings. The van der Waals surface area contributed by atoms with Crippen LogP contribution in [0.1, 0.15) is 19.8 Å². The van der Waals surface area contributed by atoms with Crippen LogP contribution in [0, 0.1) is 0 Å². The molecule has 1 amide bonds. The van der Waals surface area contributed by atoms with Gasteiger partial charge in [0.05, 0.1) is 6.04 Å². The molecule has 12 heavy (non-hydrogen) atoms. The van der Waals surface area contributed by atoms with E-state index in [1.54, 1.807) is 6.92 Å². The quantitative estimate of drug-likeness (QED) is 0.657. The predicted octanol–water partition coefficient (Wildman–Crippen LogP) is 0.345. The second-order valence-corrected chi connectivity index (χ2v) is 4.36. The highest BCUT2D eigenvalue weighted by molar-refractivity contribution is 7.99. The summed E-state index contributed by atoms with van der Waals surface area (Å²) < 4.78 is 0. The van der Waals surface area contributed by atoms with Crippen LogP contribution >= 0.6 is 11.8 Å². The van der Waals surface area contributed by atoms with E-state index in [4.69, 9.17) is 5.73 Å². The third kappa shape index (κ3) is 3.03. The molecule has 1 saturated heterocycles. The van der Waals surface area contributed by atoms with Crippen LogP contribution in [0.4, 0.5) is 0 Å². The van der Waals surface area contributed by atoms with E-state index in [0.717, 1.165) is 12.2 Å². The Hall–Kier alpha value is -0.220. The zero-order valence-electron chi connectivity index (χ0n) is 7.38. The number of hydrogen-bond donors (Lipinski definition) is 2. The third-order valence-electron chi connectivity index (χ3n) is 1.92. The minimum absolute atomic E-state index is 0.0255. The maximum Gasteiger partial charge on any atom is 0.236 e. The van der Waals surface area contributed by atoms with Crippen molar-refractivity contribution in [2.24, 2.45) is 5.73 Å². The molecule has 1 aliphatic heterocycles. The molecule has 0 aromatic carbocycles. The van der Waals surface area contributed by atoms with E-state index in [-0.39, 0.29) is 11.9 Å². The fraction of sp³-hybridized carbons (Fsp3) is 0.875. The second kappa shape index (κ2) is 4.72. The van der Waals surface area contributed by atoms with Gasteiger partial charge in [-0.1, -0.05) is 0 Å². The molecule has 70 valence electrons. The smallest absolute Gasteiger partial charge is 0.236 e. The minimum Gasteiger partial charge on any atom is -0.351 e. The van der Waals surface area contributed by atoms with Crippen LogP contribution in [0.25, 0.3) is 0 Å². The molecule has 3 N–H and O–H groups in total. The van der Waals surface area contributed by atoms with Crippen LogP contribution in [-0.4, -0.2) is 29.5 Å². The number of hydrogen-bond acceptors (Lipinski definition) is 3. The lowest BCUT2D eigenvalue weighted by Gasteiger charge is -2.23. The Kier molecular flexibility index (Phi) is 3.88. The van der Waals surface area contributed by atoms with Gasteiger partial charge < -0.3 is 11.1 Å². The summed E-state index contributed by atoms with van der Waals surface area (Å²) in [6.07, 6.45) is 2.31. The normalized spacial score (nSPS) is 26.3. The van der Waals surface area contributed by atoms with Gasteiger partial charge in [0.1, 0.15) is 0 Å². The molecule has 1 heterocycles. The van der Waals surface area contributed by atoms with Crippen molar-refractivity contribution >= 4 is 17.7 Å². The average Bonchev–Trinajstić information content (AvgIpc) is 2.06. The highest BCUT2D eigenvalue weighted by Crippen LogP contribution is 2.16. The van der Waals surface area contributed by atoms with Crippen molar-refractivity contribution in [3.63, 3.8) is 0 Å². The Labute approximate surface area is 77.5 Å². The van der Waals surface area contributed by atoms with E-state index in [0.29, 0.717) is 6.04 Å². The molecule has 1 rings (SSSR count). The van der Waals surface area contributed by atoms with Crippen LogP contribution in [-0.2, 0) is 4.79 Å². The van der Waals surface area contributed by atoms with Crippen molar-refractivity contribution in [3.05, 3.63) is 0 Å². The topological polar surface area (TPSA) is 55.1 Å². The fourth-order valence-electron chi connectivity index (χ4n) is 1.19. The van der Waals surface area contributed by atoms with Gasteiger partial charge >= 0.3 is 0 Å². The Balaban J connectivity index is 2.24. The summed E-state index contributed by atoms with van der Waals surface area (Å²) in [7, 11) is 0. The lowest BCUT2D eigenvalue weighted by Crippen LogP contribution is -2.45. The zero-order chi connectivity index (χ0) is 8.97. The van der Waals surface area contributed by atoms with Crippen LogP contribution in [0.2, 0.25) is 0 Å². The van der Waals surface area contributed by atoms with Crippen molar-refractivity contribution < 1.29 is 4.79 Å². The Morgan fingerprint density at radius 3 is 3.00 bits per heavy atom. The summed E-state index contributed by atoms with van der Waals surface area (Å²) in [5.41, 5.74) is 5.43. The van der Waals surface area contributed by atoms with Gasteiger partial charge in [-0.3, -0.25) is 4.79 Å². The van der Waals surface area contributed by atoms with Crippen molar-refractivity contribution in [2.45, 2.75) is 31.8 Å². The van der Waals surface area contributed by atoms with Gasteiger partial charge in [-0.2, -0.15) is 11.8 Å². The van der Waals surface area contributed by atoms with Crippen LogP contribution in [0.15, 0.2) is 0 Å². The van der Waals surface area contributed by atoms with Gasteiger partial charge in [-0.05, 0) is 25.5 Å². The Morgan fingerprint density at radius 2 is 2.50 bits per heavy atom. The maximum atomic E-state index is 11.2. The number of rotatable bonds is 2. The molecular formula is C8H16N2OS. The van der Waals surface area contributed by atoms with E-state index >= 15 is 0 Å². The third-order valence-corrected chi connectivity index (χ3v) is 3.14. The SMILES string of the molecule is C[C@H](N)C(=O)NC1CCCSC1. The monoisotopic (exact) mass is 188 g/mol. The van der Waals surface area contributed by atoms with Gasteiger partial charge in [0.2, 0.25) is 5.91 Å². The second-order valence-electron chi connectivity index (χ2n) is 3.21. The lowest BCUT2D eigenvalue weighted by molar-refractivity contribution is -0.122. The molecule has 0 radical (unpaired) electrons. The molecular weight excluding hydrogens is 172 g/mol. The summed E-state index contributed by atoms with van der Waals surface area (Å²) in [5, 5.41) is 2.93. The average molecular weight is 188 g/mol. The van der Waals surface area contributed by atoms with Gasteiger partial charge in [0, 0.05) is 11.8 Å². The number of carbonyl (C=O) groups is 1. The van der Waals surface area contributed by atoms with E-state index in [1.807, 2.05) is 11.8 Å². The molecule has 0 aromatic heterocycles. The van der Waals surface area contributed by atoms with E-state index in [1.165, 1.54) is 12.2 Å². The molecule has 3 nitrogen and oxygen atoms in total. The summed E-state index contributed by atoms with van der Waals surface area (Å²) in [6, 6.07) is -0.0285. The van der Waals surface area contributed by atoms with E-state index in [9.17, 15) is 4.79 Å². The van der Waals surface area contributed by atoms with Crippen molar-refractivity contribution in [3.8, 4) is 0 Å². The van der Waals surface area contributed by atoms with Gasteiger partial charge in [0.25, 0.3) is 0 Å². The summed E-state index contributed by atoms with van der Waals surface area (Å²) in [4.78, 5) is 11.2. The van der Waals surface area contributed by atoms with E-state index < -0.39 is 0 Å². The van der Waals surface area contributed by atoms with Crippen molar-refractivity contribution in [2.75, 3.05) is 11.5 Å². The number of amides is 1. The molecule has 1 unspecified atom stereocenters. The van der Waals surface area contributed by atoms with Crippen LogP contribution in [0.3, 0.4) is 0 Å². The van der Waals surface area contributed by atoms with Gasteiger partial charge in [-0.25, -0.2) is 0 Å². The highest BCUT2D eigenvalue weighted by atomic mass is 32.2. The summed E-state index contributed by atoms with van der Waals surface area (Å²) in [5.74, 6) is 2.24. The summed E-state index contributed by atoms with van der Waals surface area (Å²) >= 11 is 1.90. The molecule has 1 aliphatic rings. The largest absolute Gasteiger partial charge is 0.351 e. The standard InChI is InChI=1S/C8H16N2OS/c1-6(9)8(11)10-7-3-2-4-12-5-7/h6-7H,2-5,9H2,1H3,(H,10,11)/t6-,7?/m0/s1. The number of thioether (sulfide) groups is 1. The molecule has 0 bridgehead atoms. The zero-order valence-corrected chi connectivity index (χ0v) is 8.19. The molecule has 0 saturated carbocycles. The first-order valence-electron chi connectivity index (χ1n) is 4.34.